The van der Waals surface area contributed by atoms with E-state index in [0.29, 0.717) is 6.54 Å². The highest BCUT2D eigenvalue weighted by atomic mass is 79.9. The molecule has 24 heavy (non-hydrogen) atoms. The Bertz CT molecular complexity index is 814. The van der Waals surface area contributed by atoms with Gasteiger partial charge in [0.25, 0.3) is 0 Å². The Morgan fingerprint density at radius 3 is 2.83 bits per heavy atom. The lowest BCUT2D eigenvalue weighted by Gasteiger charge is -2.33. The van der Waals surface area contributed by atoms with Crippen molar-refractivity contribution in [3.63, 3.8) is 0 Å². The zero-order chi connectivity index (χ0) is 17.2. The first-order valence-electron chi connectivity index (χ1n) is 7.58. The normalized spacial score (nSPS) is 18.6. The summed E-state index contributed by atoms with van der Waals surface area (Å²) >= 11 is 3.35. The van der Waals surface area contributed by atoms with Crippen LogP contribution in [0, 0.1) is 5.82 Å². The summed E-state index contributed by atoms with van der Waals surface area (Å²) in [5, 5.41) is 0. The van der Waals surface area contributed by atoms with Crippen molar-refractivity contribution in [3.8, 4) is 0 Å². The van der Waals surface area contributed by atoms with E-state index in [4.69, 9.17) is 0 Å². The van der Waals surface area contributed by atoms with Gasteiger partial charge in [0.1, 0.15) is 11.6 Å². The van der Waals surface area contributed by atoms with Crippen LogP contribution in [-0.4, -0.2) is 32.5 Å². The minimum atomic E-state index is -3.74. The van der Waals surface area contributed by atoms with E-state index in [1.54, 1.807) is 6.20 Å². The summed E-state index contributed by atoms with van der Waals surface area (Å²) in [7, 11) is -3.74. The summed E-state index contributed by atoms with van der Waals surface area (Å²) in [4.78, 5) is 6.35. The second kappa shape index (κ2) is 7.16. The third kappa shape index (κ3) is 4.12. The molecule has 2 heterocycles. The molecule has 1 atom stereocenters. The minimum absolute atomic E-state index is 0.0543. The maximum absolute atomic E-state index is 13.3. The Balaban J connectivity index is 1.72. The fourth-order valence-corrected chi connectivity index (χ4v) is 4.29. The van der Waals surface area contributed by atoms with Gasteiger partial charge in [-0.3, -0.25) is 0 Å². The average molecular weight is 414 g/mol. The van der Waals surface area contributed by atoms with Gasteiger partial charge in [0, 0.05) is 29.8 Å². The fraction of sp³-hybridized carbons (Fsp3) is 0.312. The van der Waals surface area contributed by atoms with Crippen molar-refractivity contribution < 1.29 is 12.8 Å². The molecule has 0 amide bonds. The number of sulfonamides is 1. The van der Waals surface area contributed by atoms with Gasteiger partial charge < -0.3 is 4.90 Å². The third-order valence-electron chi connectivity index (χ3n) is 3.89. The molecule has 0 aliphatic carbocycles. The standard InChI is InChI=1S/C16H17BrFN3O2S/c17-12-6-7-16(19-10-12)21-8-2-4-14(11-21)20-24(22,23)15-5-1-3-13(18)9-15/h1,3,5-7,9-10,14,20H,2,4,8,11H2. The molecule has 5 nitrogen and oxygen atoms in total. The van der Waals surface area contributed by atoms with Crippen LogP contribution in [0.2, 0.25) is 0 Å². The topological polar surface area (TPSA) is 62.3 Å². The van der Waals surface area contributed by atoms with Gasteiger partial charge in [0.15, 0.2) is 0 Å². The molecule has 1 aliphatic heterocycles. The van der Waals surface area contributed by atoms with Crippen LogP contribution >= 0.6 is 15.9 Å². The summed E-state index contributed by atoms with van der Waals surface area (Å²) in [5.41, 5.74) is 0. The molecular weight excluding hydrogens is 397 g/mol. The summed E-state index contributed by atoms with van der Waals surface area (Å²) in [6.07, 6.45) is 3.31. The lowest BCUT2D eigenvalue weighted by Crippen LogP contribution is -2.48. The highest BCUT2D eigenvalue weighted by Crippen LogP contribution is 2.21. The molecule has 1 unspecified atom stereocenters. The SMILES string of the molecule is O=S(=O)(NC1CCCN(c2ccc(Br)cn2)C1)c1cccc(F)c1. The number of rotatable bonds is 4. The van der Waals surface area contributed by atoms with Gasteiger partial charge in [-0.15, -0.1) is 0 Å². The van der Waals surface area contributed by atoms with E-state index in [-0.39, 0.29) is 10.9 Å². The van der Waals surface area contributed by atoms with Crippen molar-refractivity contribution >= 4 is 31.8 Å². The van der Waals surface area contributed by atoms with E-state index in [0.717, 1.165) is 35.7 Å². The number of halogens is 2. The lowest BCUT2D eigenvalue weighted by atomic mass is 10.1. The largest absolute Gasteiger partial charge is 0.355 e. The monoisotopic (exact) mass is 413 g/mol. The van der Waals surface area contributed by atoms with Crippen LogP contribution < -0.4 is 9.62 Å². The van der Waals surface area contributed by atoms with Crippen LogP contribution in [0.4, 0.5) is 10.2 Å². The number of pyridine rings is 1. The van der Waals surface area contributed by atoms with Crippen molar-refractivity contribution in [3.05, 3.63) is 52.9 Å². The Kier molecular flexibility index (Phi) is 5.17. The van der Waals surface area contributed by atoms with E-state index < -0.39 is 15.8 Å². The predicted molar refractivity (Wildman–Crippen MR) is 93.9 cm³/mol. The Hall–Kier alpha value is -1.51. The first-order chi connectivity index (χ1) is 11.4. The van der Waals surface area contributed by atoms with Gasteiger partial charge in [-0.25, -0.2) is 22.5 Å². The van der Waals surface area contributed by atoms with Gasteiger partial charge in [-0.1, -0.05) is 6.07 Å². The minimum Gasteiger partial charge on any atom is -0.355 e. The maximum atomic E-state index is 13.3. The second-order valence-electron chi connectivity index (χ2n) is 5.70. The first kappa shape index (κ1) is 17.3. The zero-order valence-corrected chi connectivity index (χ0v) is 15.2. The van der Waals surface area contributed by atoms with Gasteiger partial charge in [0.2, 0.25) is 10.0 Å². The zero-order valence-electron chi connectivity index (χ0n) is 12.8. The van der Waals surface area contributed by atoms with E-state index >= 15 is 0 Å². The molecule has 128 valence electrons. The summed E-state index contributed by atoms with van der Waals surface area (Å²) in [5.74, 6) is 0.245. The molecule has 3 rings (SSSR count). The highest BCUT2D eigenvalue weighted by Gasteiger charge is 2.26. The van der Waals surface area contributed by atoms with Crippen LogP contribution in [-0.2, 0) is 10.0 Å². The number of aromatic nitrogens is 1. The average Bonchev–Trinajstić information content (AvgIpc) is 2.55. The molecule has 1 aromatic heterocycles. The van der Waals surface area contributed by atoms with E-state index in [9.17, 15) is 12.8 Å². The number of anilines is 1. The van der Waals surface area contributed by atoms with E-state index in [2.05, 4.69) is 30.5 Å². The molecule has 1 aliphatic rings. The number of benzene rings is 1. The molecule has 2 aromatic rings. The van der Waals surface area contributed by atoms with E-state index in [1.165, 1.54) is 18.2 Å². The molecule has 1 N–H and O–H groups in total. The van der Waals surface area contributed by atoms with Crippen LogP contribution in [0.5, 0.6) is 0 Å². The predicted octanol–water partition coefficient (Wildman–Crippen LogP) is 2.93. The van der Waals surface area contributed by atoms with E-state index in [1.807, 2.05) is 12.1 Å². The van der Waals surface area contributed by atoms with Gasteiger partial charge >= 0.3 is 0 Å². The summed E-state index contributed by atoms with van der Waals surface area (Å²) in [6, 6.07) is 8.60. The summed E-state index contributed by atoms with van der Waals surface area (Å²) < 4.78 is 41.7. The van der Waals surface area contributed by atoms with Gasteiger partial charge in [-0.05, 0) is 59.1 Å². The van der Waals surface area contributed by atoms with Crippen molar-refractivity contribution in [2.45, 2.75) is 23.8 Å². The maximum Gasteiger partial charge on any atom is 0.240 e. The number of nitrogens with one attached hydrogen (secondary N) is 1. The van der Waals surface area contributed by atoms with Crippen LogP contribution in [0.25, 0.3) is 0 Å². The lowest BCUT2D eigenvalue weighted by molar-refractivity contribution is 0.463. The molecule has 1 aromatic carbocycles. The molecular formula is C16H17BrFN3O2S. The van der Waals surface area contributed by atoms with Crippen LogP contribution in [0.15, 0.2) is 52.0 Å². The van der Waals surface area contributed by atoms with Crippen LogP contribution in [0.1, 0.15) is 12.8 Å². The Morgan fingerprint density at radius 2 is 2.12 bits per heavy atom. The molecule has 1 saturated heterocycles. The Labute approximate surface area is 149 Å². The van der Waals surface area contributed by atoms with Crippen molar-refractivity contribution in [1.82, 2.24) is 9.71 Å². The van der Waals surface area contributed by atoms with Crippen molar-refractivity contribution in [2.24, 2.45) is 0 Å². The van der Waals surface area contributed by atoms with Crippen molar-refractivity contribution in [2.75, 3.05) is 18.0 Å². The third-order valence-corrected chi connectivity index (χ3v) is 5.87. The smallest absolute Gasteiger partial charge is 0.240 e. The fourth-order valence-electron chi connectivity index (χ4n) is 2.76. The summed E-state index contributed by atoms with van der Waals surface area (Å²) in [6.45, 7) is 1.36. The van der Waals surface area contributed by atoms with Crippen molar-refractivity contribution in [1.29, 1.82) is 0 Å². The molecule has 0 bridgehead atoms. The number of hydrogen-bond acceptors (Lipinski definition) is 4. The second-order valence-corrected chi connectivity index (χ2v) is 8.33. The molecule has 8 heteroatoms. The highest BCUT2D eigenvalue weighted by molar-refractivity contribution is 9.10. The molecule has 0 radical (unpaired) electrons. The quantitative estimate of drug-likeness (QED) is 0.836. The van der Waals surface area contributed by atoms with Gasteiger partial charge in [-0.2, -0.15) is 0 Å². The molecule has 0 spiro atoms. The Morgan fingerprint density at radius 1 is 1.29 bits per heavy atom. The first-order valence-corrected chi connectivity index (χ1v) is 9.86. The van der Waals surface area contributed by atoms with Gasteiger partial charge in [0.05, 0.1) is 4.90 Å². The number of piperidine rings is 1. The van der Waals surface area contributed by atoms with Crippen LogP contribution in [0.3, 0.4) is 0 Å². The molecule has 0 saturated carbocycles. The number of hydrogen-bond donors (Lipinski definition) is 1. The number of nitrogens with zero attached hydrogens (tertiary/aromatic N) is 2. The molecule has 1 fully saturated rings.